The van der Waals surface area contributed by atoms with Crippen LogP contribution >= 0.6 is 11.3 Å². The van der Waals surface area contributed by atoms with Crippen LogP contribution in [0.25, 0.3) is 10.3 Å². The molecule has 0 spiro atoms. The molecule has 4 aromatic rings. The molecule has 2 fully saturated rings. The number of carboxylic acids is 1. The van der Waals surface area contributed by atoms with Gasteiger partial charge in [0.2, 0.25) is 0 Å². The third-order valence-corrected chi connectivity index (χ3v) is 12.3. The number of amides is 2. The van der Waals surface area contributed by atoms with E-state index in [0.29, 0.717) is 34.4 Å². The first kappa shape index (κ1) is 36.2. The quantitative estimate of drug-likeness (QED) is 0.174. The Morgan fingerprint density at radius 3 is 2.44 bits per heavy atom. The number of aryl methyl sites for hydroxylation is 1. The minimum atomic E-state index is -0.903. The molecule has 2 aromatic carbocycles. The Morgan fingerprint density at radius 2 is 1.71 bits per heavy atom. The first-order chi connectivity index (χ1) is 24.9. The number of likely N-dealkylation sites (tertiary alicyclic amines) is 2. The fourth-order valence-corrected chi connectivity index (χ4v) is 8.92. The first-order valence-electron chi connectivity index (χ1n) is 18.6. The Morgan fingerprint density at radius 1 is 0.962 bits per heavy atom. The zero-order valence-electron chi connectivity index (χ0n) is 30.7. The maximum absolute atomic E-state index is 13.9. The van der Waals surface area contributed by atoms with Crippen LogP contribution in [0.5, 0.6) is 0 Å². The van der Waals surface area contributed by atoms with Gasteiger partial charge in [-0.15, -0.1) is 0 Å². The molecule has 10 nitrogen and oxygen atoms in total. The van der Waals surface area contributed by atoms with E-state index in [2.05, 4.69) is 47.3 Å². The number of piperidine rings is 1. The van der Waals surface area contributed by atoms with Crippen molar-refractivity contribution in [1.29, 1.82) is 0 Å². The number of carboxylic acid groups (broad SMARTS) is 1. The topological polar surface area (TPSA) is 128 Å². The van der Waals surface area contributed by atoms with E-state index in [1.807, 2.05) is 43.4 Å². The Labute approximate surface area is 310 Å². The lowest BCUT2D eigenvalue weighted by atomic mass is 9.71. The van der Waals surface area contributed by atoms with Gasteiger partial charge in [0, 0.05) is 30.9 Å². The van der Waals surface area contributed by atoms with Gasteiger partial charge >= 0.3 is 5.97 Å². The van der Waals surface area contributed by atoms with Crippen LogP contribution in [0.1, 0.15) is 111 Å². The summed E-state index contributed by atoms with van der Waals surface area (Å²) in [6.07, 6.45) is 5.58. The number of carbonyl (C=O) groups excluding carboxylic acids is 2. The molecule has 7 rings (SSSR count). The number of thiazole rings is 1. The van der Waals surface area contributed by atoms with E-state index in [-0.39, 0.29) is 29.3 Å². The summed E-state index contributed by atoms with van der Waals surface area (Å²) in [5.74, 6) is -0.338. The van der Waals surface area contributed by atoms with Gasteiger partial charge in [-0.1, -0.05) is 56.4 Å². The van der Waals surface area contributed by atoms with Gasteiger partial charge in [0.25, 0.3) is 11.8 Å². The third-order valence-electron chi connectivity index (χ3n) is 11.3. The number of benzene rings is 2. The molecule has 2 atom stereocenters. The number of carbonyl (C=O) groups is 3. The van der Waals surface area contributed by atoms with Crippen LogP contribution in [-0.2, 0) is 12.8 Å². The third kappa shape index (κ3) is 8.22. The van der Waals surface area contributed by atoms with Crippen molar-refractivity contribution < 1.29 is 19.5 Å². The van der Waals surface area contributed by atoms with Crippen molar-refractivity contribution in [2.45, 2.75) is 77.3 Å². The van der Waals surface area contributed by atoms with E-state index >= 15 is 0 Å². The fourth-order valence-electron chi connectivity index (χ4n) is 8.07. The van der Waals surface area contributed by atoms with E-state index in [9.17, 15) is 19.5 Å². The summed E-state index contributed by atoms with van der Waals surface area (Å²) in [5.41, 5.74) is 6.25. The Balaban J connectivity index is 1.06. The average Bonchev–Trinajstić information content (AvgIpc) is 3.54. The van der Waals surface area contributed by atoms with Crippen molar-refractivity contribution in [1.82, 2.24) is 30.4 Å². The highest BCUT2D eigenvalue weighted by Gasteiger charge is 2.31. The maximum atomic E-state index is 13.9. The number of nitrogens with zero attached hydrogens (tertiary/aromatic N) is 4. The molecule has 52 heavy (non-hydrogen) atoms. The molecule has 2 aromatic heterocycles. The number of hydrogen-bond acceptors (Lipinski definition) is 8. The van der Waals surface area contributed by atoms with Crippen LogP contribution in [0.15, 0.2) is 54.6 Å². The normalized spacial score (nSPS) is 19.5. The monoisotopic (exact) mass is 722 g/mol. The Bertz CT molecular complexity index is 1960. The lowest BCUT2D eigenvalue weighted by molar-refractivity contribution is 0.0695. The van der Waals surface area contributed by atoms with Gasteiger partial charge in [-0.2, -0.15) is 0 Å². The Hall–Kier alpha value is -4.19. The molecule has 0 bridgehead atoms. The molecular formula is C41H50N6O4S. The molecule has 0 saturated carbocycles. The first-order valence-corrected chi connectivity index (χ1v) is 19.5. The smallest absolute Gasteiger partial charge is 0.335 e. The van der Waals surface area contributed by atoms with Gasteiger partial charge in [0.1, 0.15) is 10.3 Å². The number of fused-ring (bicyclic) bond motifs is 2. The summed E-state index contributed by atoms with van der Waals surface area (Å²) in [6.45, 7) is 11.1. The second kappa shape index (κ2) is 15.0. The van der Waals surface area contributed by atoms with E-state index in [0.717, 1.165) is 92.0 Å². The zero-order valence-corrected chi connectivity index (χ0v) is 31.5. The number of likely N-dealkylation sites (N-methyl/N-ethyl adjacent to an activating group) is 1. The van der Waals surface area contributed by atoms with Crippen LogP contribution in [0.3, 0.4) is 0 Å². The molecular weight excluding hydrogens is 673 g/mol. The molecule has 0 radical (unpaired) electrons. The number of nitrogens with one attached hydrogen (secondary N) is 2. The second-order valence-corrected chi connectivity index (χ2v) is 17.1. The lowest BCUT2D eigenvalue weighted by Gasteiger charge is -2.36. The molecule has 274 valence electrons. The van der Waals surface area contributed by atoms with Gasteiger partial charge in [0.15, 0.2) is 5.01 Å². The van der Waals surface area contributed by atoms with Gasteiger partial charge in [-0.05, 0) is 123 Å². The van der Waals surface area contributed by atoms with E-state index in [1.54, 1.807) is 12.1 Å². The molecule has 2 saturated heterocycles. The lowest BCUT2D eigenvalue weighted by Crippen LogP contribution is -2.57. The predicted octanol–water partition coefficient (Wildman–Crippen LogP) is 6.33. The number of pyridine rings is 1. The van der Waals surface area contributed by atoms with Crippen molar-refractivity contribution in [2.24, 2.45) is 11.3 Å². The molecule has 11 heteroatoms. The summed E-state index contributed by atoms with van der Waals surface area (Å²) in [7, 11) is 2.04. The minimum absolute atomic E-state index is 0.103. The summed E-state index contributed by atoms with van der Waals surface area (Å²) in [6, 6.07) is 16.9. The molecule has 1 aliphatic carbocycles. The van der Waals surface area contributed by atoms with Crippen LogP contribution in [0, 0.1) is 11.3 Å². The van der Waals surface area contributed by atoms with Crippen molar-refractivity contribution in [3.05, 3.63) is 93.1 Å². The van der Waals surface area contributed by atoms with Gasteiger partial charge < -0.3 is 25.5 Å². The van der Waals surface area contributed by atoms with Crippen LogP contribution in [0.4, 0.5) is 0 Å². The highest BCUT2D eigenvalue weighted by atomic mass is 32.1. The number of aromatic carboxylic acids is 1. The number of hydrogen-bond donors (Lipinski definition) is 3. The van der Waals surface area contributed by atoms with Crippen molar-refractivity contribution in [3.8, 4) is 0 Å². The summed E-state index contributed by atoms with van der Waals surface area (Å²) in [4.78, 5) is 53.8. The predicted molar refractivity (Wildman–Crippen MR) is 204 cm³/mol. The van der Waals surface area contributed by atoms with E-state index in [4.69, 9.17) is 9.97 Å². The number of aromatic nitrogens is 2. The highest BCUT2D eigenvalue weighted by molar-refractivity contribution is 7.19. The maximum Gasteiger partial charge on any atom is 0.335 e. The number of rotatable bonds is 10. The average molecular weight is 723 g/mol. The molecule has 2 amide bonds. The van der Waals surface area contributed by atoms with Crippen molar-refractivity contribution in [2.75, 3.05) is 39.8 Å². The van der Waals surface area contributed by atoms with Crippen molar-refractivity contribution in [3.63, 3.8) is 0 Å². The standard InChI is InChI=1S/C41H50N6O4S/c1-41(2,3)31-11-12-33-30(21-31)22-35-38(44-33)52-39(45-35)37(49)43-34(27-8-6-9-28(20-27)36(48)42-32-23-46(4)24-32)15-18-47-16-13-25(14-17-47)26-7-5-10-29(19-26)40(50)51/h5-10,19-20,22,25,31-32,34H,11-18,21,23-24H2,1-4H3,(H,42,48)(H,43,49)(H,50,51)/t31-,34+/m0/s1. The van der Waals surface area contributed by atoms with Crippen LogP contribution in [0.2, 0.25) is 0 Å². The van der Waals surface area contributed by atoms with Crippen molar-refractivity contribution >= 4 is 39.5 Å². The highest BCUT2D eigenvalue weighted by Crippen LogP contribution is 2.38. The van der Waals surface area contributed by atoms with Crippen LogP contribution < -0.4 is 10.6 Å². The minimum Gasteiger partial charge on any atom is -0.478 e. The van der Waals surface area contributed by atoms with E-state index in [1.165, 1.54) is 16.9 Å². The molecule has 0 unspecified atom stereocenters. The molecule has 3 aliphatic rings. The molecule has 4 heterocycles. The molecule has 3 N–H and O–H groups in total. The largest absolute Gasteiger partial charge is 0.478 e. The SMILES string of the molecule is CN1CC(NC(=O)c2cccc([C@@H](CCN3CCC(c4cccc(C(=O)O)c4)CC3)NC(=O)c3nc4cc5c(nc4s3)CC[C@H](C(C)(C)C)C5)c2)C1. The summed E-state index contributed by atoms with van der Waals surface area (Å²) < 4.78 is 0. The van der Waals surface area contributed by atoms with Gasteiger partial charge in [-0.25, -0.2) is 14.8 Å². The van der Waals surface area contributed by atoms with Gasteiger partial charge in [-0.3, -0.25) is 9.59 Å². The second-order valence-electron chi connectivity index (χ2n) is 16.1. The summed E-state index contributed by atoms with van der Waals surface area (Å²) >= 11 is 1.34. The van der Waals surface area contributed by atoms with Gasteiger partial charge in [0.05, 0.1) is 17.6 Å². The fraction of sp³-hybridized carbons (Fsp3) is 0.488. The van der Waals surface area contributed by atoms with Crippen LogP contribution in [-0.4, -0.2) is 88.5 Å². The molecule has 2 aliphatic heterocycles. The Kier molecular flexibility index (Phi) is 10.5. The van der Waals surface area contributed by atoms with E-state index < -0.39 is 5.97 Å². The summed E-state index contributed by atoms with van der Waals surface area (Å²) in [5, 5.41) is 16.3. The zero-order chi connectivity index (χ0) is 36.6.